The molecule has 0 aliphatic carbocycles. The van der Waals surface area contributed by atoms with E-state index >= 15 is 0 Å². The van der Waals surface area contributed by atoms with Gasteiger partial charge in [0.05, 0.1) is 37.3 Å². The molecule has 27 heavy (non-hydrogen) atoms. The largest absolute Gasteiger partial charge is 0.506 e. The number of hydrogen-bond donors (Lipinski definition) is 2. The zero-order chi connectivity index (χ0) is 17.6. The molecule has 155 valence electrons. The van der Waals surface area contributed by atoms with E-state index in [1.807, 2.05) is 48.4 Å². The molecular formula is C19H29AgN5O2-2. The van der Waals surface area contributed by atoms with Gasteiger partial charge in [-0.2, -0.15) is 6.67 Å². The number of pyridine rings is 1. The molecule has 1 unspecified atom stereocenters. The second kappa shape index (κ2) is 11.4. The average molecular weight is 467 g/mol. The molecule has 3 heterocycles. The molecular weight excluding hydrogens is 438 g/mol. The van der Waals surface area contributed by atoms with Gasteiger partial charge in [0.1, 0.15) is 0 Å². The van der Waals surface area contributed by atoms with Crippen molar-refractivity contribution in [1.82, 2.24) is 24.6 Å². The van der Waals surface area contributed by atoms with Gasteiger partial charge in [-0.1, -0.05) is 6.07 Å². The van der Waals surface area contributed by atoms with Crippen LogP contribution in [0.1, 0.15) is 18.3 Å². The molecule has 0 saturated carbocycles. The molecule has 2 N–H and O–H groups in total. The minimum atomic E-state index is 0. The van der Waals surface area contributed by atoms with Crippen LogP contribution in [0.15, 0.2) is 43.0 Å². The monoisotopic (exact) mass is 466 g/mol. The summed E-state index contributed by atoms with van der Waals surface area (Å²) in [7, 11) is 0. The number of aliphatic hydroxyl groups excluding tert-OH is 2. The van der Waals surface area contributed by atoms with Gasteiger partial charge in [0.25, 0.3) is 0 Å². The normalized spacial score (nSPS) is 18.1. The predicted octanol–water partition coefficient (Wildman–Crippen LogP) is 1.16. The van der Waals surface area contributed by atoms with E-state index in [2.05, 4.69) is 27.8 Å². The summed E-state index contributed by atoms with van der Waals surface area (Å²) in [6.45, 7) is 7.08. The van der Waals surface area contributed by atoms with Crippen LogP contribution >= 0.6 is 0 Å². The molecule has 0 spiro atoms. The Morgan fingerprint density at radius 2 is 1.56 bits per heavy atom. The van der Waals surface area contributed by atoms with Crippen LogP contribution in [-0.4, -0.2) is 67.3 Å². The van der Waals surface area contributed by atoms with Gasteiger partial charge in [0.15, 0.2) is 0 Å². The molecule has 0 aromatic carbocycles. The first-order chi connectivity index (χ1) is 12.2. The minimum absolute atomic E-state index is 0. The van der Waals surface area contributed by atoms with Crippen LogP contribution < -0.4 is 0 Å². The van der Waals surface area contributed by atoms with Crippen molar-refractivity contribution in [3.63, 3.8) is 0 Å². The van der Waals surface area contributed by atoms with Crippen molar-refractivity contribution in [2.75, 3.05) is 26.3 Å². The Hall–Kier alpha value is -1.51. The van der Waals surface area contributed by atoms with E-state index in [1.54, 1.807) is 0 Å². The third-order valence-electron chi connectivity index (χ3n) is 4.43. The molecule has 2 aliphatic rings. The third kappa shape index (κ3) is 6.26. The number of aliphatic hydroxyl groups is 2. The molecule has 1 radical (unpaired) electrons. The molecule has 1 atom stereocenters. The molecule has 0 amide bonds. The second-order valence-corrected chi connectivity index (χ2v) is 6.23. The van der Waals surface area contributed by atoms with Crippen LogP contribution in [0.2, 0.25) is 0 Å². The maximum Gasteiger partial charge on any atom is 0.0982 e. The summed E-state index contributed by atoms with van der Waals surface area (Å²) in [5, 5.41) is 18.1. The molecule has 0 bridgehead atoms. The summed E-state index contributed by atoms with van der Waals surface area (Å²) >= 11 is 0. The topological polar surface area (TPSA) is 66.3 Å². The Morgan fingerprint density at radius 3 is 2.26 bits per heavy atom. The van der Waals surface area contributed by atoms with E-state index in [-0.39, 0.29) is 49.2 Å². The Bertz CT molecular complexity index is 628. The predicted molar refractivity (Wildman–Crippen MR) is 101 cm³/mol. The number of rotatable bonds is 8. The summed E-state index contributed by atoms with van der Waals surface area (Å²) < 4.78 is 0. The van der Waals surface area contributed by atoms with E-state index in [0.717, 1.165) is 17.9 Å². The van der Waals surface area contributed by atoms with Crippen LogP contribution in [0.4, 0.5) is 0 Å². The molecule has 0 saturated heterocycles. The molecule has 1 aromatic rings. The quantitative estimate of drug-likeness (QED) is 0.440. The van der Waals surface area contributed by atoms with Gasteiger partial charge in [-0.15, -0.1) is 0 Å². The fourth-order valence-corrected chi connectivity index (χ4v) is 3.03. The first-order valence-corrected chi connectivity index (χ1v) is 8.61. The fourth-order valence-electron chi connectivity index (χ4n) is 3.03. The SMILES string of the molecule is CC1N(CCO)C=CN1Cc1cccc(CN2C=CN(CCO)[CH-]2)n1.[Ag].[CH3-]. The van der Waals surface area contributed by atoms with Gasteiger partial charge in [0.2, 0.25) is 0 Å². The fraction of sp³-hybridized carbons (Fsp3) is 0.421. The molecule has 8 heteroatoms. The van der Waals surface area contributed by atoms with E-state index in [4.69, 9.17) is 15.2 Å². The Balaban J connectivity index is 0.00000182. The van der Waals surface area contributed by atoms with Crippen molar-refractivity contribution in [3.8, 4) is 0 Å². The maximum atomic E-state index is 9.11. The molecule has 7 nitrogen and oxygen atoms in total. The van der Waals surface area contributed by atoms with Crippen LogP contribution in [0.5, 0.6) is 0 Å². The number of nitrogens with zero attached hydrogens (tertiary/aromatic N) is 5. The van der Waals surface area contributed by atoms with Crippen molar-refractivity contribution in [3.05, 3.63) is 68.5 Å². The number of hydrogen-bond acceptors (Lipinski definition) is 7. The van der Waals surface area contributed by atoms with Gasteiger partial charge in [0, 0.05) is 54.4 Å². The van der Waals surface area contributed by atoms with Crippen molar-refractivity contribution >= 4 is 0 Å². The van der Waals surface area contributed by atoms with Crippen LogP contribution in [0.25, 0.3) is 0 Å². The van der Waals surface area contributed by atoms with Gasteiger partial charge in [-0.05, 0) is 31.5 Å². The Kier molecular flexibility index (Phi) is 9.90. The van der Waals surface area contributed by atoms with Crippen LogP contribution in [-0.2, 0) is 35.5 Å². The Morgan fingerprint density at radius 1 is 0.926 bits per heavy atom. The van der Waals surface area contributed by atoms with E-state index in [9.17, 15) is 0 Å². The van der Waals surface area contributed by atoms with Crippen LogP contribution in [0.3, 0.4) is 0 Å². The van der Waals surface area contributed by atoms with Gasteiger partial charge in [-0.25, -0.2) is 0 Å². The first-order valence-electron chi connectivity index (χ1n) is 8.61. The molecule has 2 aliphatic heterocycles. The summed E-state index contributed by atoms with van der Waals surface area (Å²) in [5.41, 5.74) is 2.03. The van der Waals surface area contributed by atoms with Gasteiger partial charge < -0.3 is 37.2 Å². The van der Waals surface area contributed by atoms with E-state index in [0.29, 0.717) is 19.6 Å². The smallest absolute Gasteiger partial charge is 0.0982 e. The Labute approximate surface area is 178 Å². The van der Waals surface area contributed by atoms with E-state index < -0.39 is 0 Å². The first kappa shape index (κ1) is 23.5. The second-order valence-electron chi connectivity index (χ2n) is 6.23. The minimum Gasteiger partial charge on any atom is -0.506 e. The summed E-state index contributed by atoms with van der Waals surface area (Å²) in [6.07, 6.45) is 8.23. The summed E-state index contributed by atoms with van der Waals surface area (Å²) in [5.74, 6) is 0. The van der Waals surface area contributed by atoms with Gasteiger partial charge >= 0.3 is 0 Å². The zero-order valence-electron chi connectivity index (χ0n) is 15.9. The molecule has 1 aromatic heterocycles. The third-order valence-corrected chi connectivity index (χ3v) is 4.43. The summed E-state index contributed by atoms with van der Waals surface area (Å²) in [4.78, 5) is 13.1. The number of β-amino-alcohol motifs (C(OH)–C–C–N with tert-alkyl or cyclic N) is 2. The van der Waals surface area contributed by atoms with Crippen LogP contribution in [0, 0.1) is 14.1 Å². The molecule has 0 fully saturated rings. The number of aromatic nitrogens is 1. The van der Waals surface area contributed by atoms with Crippen molar-refractivity contribution in [2.45, 2.75) is 26.2 Å². The summed E-state index contributed by atoms with van der Waals surface area (Å²) in [6, 6.07) is 6.11. The molecule has 3 rings (SSSR count). The average Bonchev–Trinajstić information content (AvgIpc) is 3.17. The maximum absolute atomic E-state index is 9.11. The zero-order valence-corrected chi connectivity index (χ0v) is 17.4. The van der Waals surface area contributed by atoms with Crippen molar-refractivity contribution in [2.24, 2.45) is 0 Å². The van der Waals surface area contributed by atoms with Gasteiger partial charge in [-0.3, -0.25) is 4.98 Å². The van der Waals surface area contributed by atoms with Crippen molar-refractivity contribution in [1.29, 1.82) is 0 Å². The van der Waals surface area contributed by atoms with E-state index in [1.165, 1.54) is 0 Å². The van der Waals surface area contributed by atoms with Crippen molar-refractivity contribution < 1.29 is 32.6 Å². The standard InChI is InChI=1S/C18H26N5O2.CH3.Ag/c1-16-22(10-12-25)7-8-23(16)14-18-4-2-3-17(19-18)13-21-6-5-20(15-21)9-11-24;;/h2-8,15-16,24-25H,9-14H2,1H3;1H3;/q2*-1;.